The zero-order chi connectivity index (χ0) is 21.2. The number of pyridine rings is 1. The molecule has 0 fully saturated rings. The normalized spacial score (nSPS) is 11.4. The summed E-state index contributed by atoms with van der Waals surface area (Å²) in [6, 6.07) is 4.15. The van der Waals surface area contributed by atoms with Crippen LogP contribution in [0.5, 0.6) is 0 Å². The molecule has 1 aromatic heterocycles. The van der Waals surface area contributed by atoms with Crippen molar-refractivity contribution >= 4 is 39.6 Å². The number of carbonyl (C=O) groups excluding carboxylic acids is 2. The van der Waals surface area contributed by atoms with Crippen LogP contribution < -0.4 is 8.59 Å². The summed E-state index contributed by atoms with van der Waals surface area (Å²) in [5, 5.41) is 2.68. The Bertz CT molecular complexity index is 597. The number of hydrogen-bond acceptors (Lipinski definition) is 3. The molecule has 0 saturated carbocycles. The molecule has 158 valence electrons. The van der Waals surface area contributed by atoms with Crippen LogP contribution in [0, 0.1) is 0 Å². The molecule has 0 aliphatic rings. The van der Waals surface area contributed by atoms with Gasteiger partial charge in [0.15, 0.2) is 0 Å². The molecule has 28 heavy (non-hydrogen) atoms. The number of nitrogens with zero attached hydrogens (tertiary/aromatic N) is 3. The Labute approximate surface area is 175 Å². The third-order valence-electron chi connectivity index (χ3n) is 5.66. The van der Waals surface area contributed by atoms with Gasteiger partial charge in [0.2, 0.25) is 0 Å². The molecular weight excluding hydrogens is 457 g/mol. The average Bonchev–Trinajstić information content (AvgIpc) is 2.68. The predicted molar refractivity (Wildman–Crippen MR) is 120 cm³/mol. The van der Waals surface area contributed by atoms with Crippen molar-refractivity contribution < 1.29 is 9.59 Å². The summed E-state index contributed by atoms with van der Waals surface area (Å²) in [7, 11) is 1.60. The predicted octanol–water partition coefficient (Wildman–Crippen LogP) is 4.88. The van der Waals surface area contributed by atoms with Crippen molar-refractivity contribution in [1.29, 1.82) is 0 Å². The van der Waals surface area contributed by atoms with Crippen LogP contribution in [0.3, 0.4) is 0 Å². The Morgan fingerprint density at radius 3 is 1.71 bits per heavy atom. The van der Waals surface area contributed by atoms with Gasteiger partial charge in [-0.15, -0.1) is 0 Å². The van der Waals surface area contributed by atoms with E-state index in [0.29, 0.717) is 5.82 Å². The zero-order valence-corrected chi connectivity index (χ0v) is 21.6. The SMILES string of the molecule is CCC[CH2][Sn]([CH2]CCC)([CH2]CCC)[c]1ccc(N(C(C)=O)N(C)C(C)=O)nc1. The number of carbonyl (C=O) groups is 2. The van der Waals surface area contributed by atoms with E-state index < -0.39 is 18.4 Å². The van der Waals surface area contributed by atoms with E-state index in [0.717, 1.165) is 0 Å². The van der Waals surface area contributed by atoms with Crippen LogP contribution in [0.15, 0.2) is 18.3 Å². The van der Waals surface area contributed by atoms with E-state index >= 15 is 0 Å². The molecule has 0 spiro atoms. The van der Waals surface area contributed by atoms with Gasteiger partial charge in [0.1, 0.15) is 0 Å². The molecule has 2 amide bonds. The van der Waals surface area contributed by atoms with Crippen molar-refractivity contribution in [2.45, 2.75) is 86.5 Å². The number of rotatable bonds is 11. The van der Waals surface area contributed by atoms with E-state index in [1.165, 1.54) is 79.3 Å². The number of hydrazine groups is 1. The van der Waals surface area contributed by atoms with Crippen LogP contribution in [-0.2, 0) is 9.59 Å². The third-order valence-corrected chi connectivity index (χ3v) is 21.2. The topological polar surface area (TPSA) is 53.5 Å². The first-order valence-corrected chi connectivity index (χ1v) is 18.3. The maximum absolute atomic E-state index is 12.1. The van der Waals surface area contributed by atoms with E-state index in [-0.39, 0.29) is 11.8 Å². The molecule has 0 atom stereocenters. The van der Waals surface area contributed by atoms with Crippen LogP contribution >= 0.6 is 0 Å². The van der Waals surface area contributed by atoms with Gasteiger partial charge >= 0.3 is 176 Å². The van der Waals surface area contributed by atoms with Gasteiger partial charge in [0, 0.05) is 0 Å². The second kappa shape index (κ2) is 12.5. The van der Waals surface area contributed by atoms with E-state index in [9.17, 15) is 9.59 Å². The molecular formula is C22H39N3O2Sn. The van der Waals surface area contributed by atoms with Gasteiger partial charge in [-0.25, -0.2) is 0 Å². The number of amides is 2. The minimum atomic E-state index is -2.52. The quantitative estimate of drug-likeness (QED) is 0.324. The van der Waals surface area contributed by atoms with E-state index in [1.54, 1.807) is 7.05 Å². The van der Waals surface area contributed by atoms with Crippen LogP contribution in [0.25, 0.3) is 0 Å². The maximum atomic E-state index is 12.1. The van der Waals surface area contributed by atoms with Crippen LogP contribution in [-0.4, -0.2) is 47.2 Å². The fraction of sp³-hybridized carbons (Fsp3) is 0.682. The Morgan fingerprint density at radius 2 is 1.39 bits per heavy atom. The van der Waals surface area contributed by atoms with Crippen LogP contribution in [0.1, 0.15) is 73.1 Å². The van der Waals surface area contributed by atoms with Crippen molar-refractivity contribution in [3.8, 4) is 0 Å². The Hall–Kier alpha value is -1.11. The molecule has 6 heteroatoms. The van der Waals surface area contributed by atoms with Gasteiger partial charge in [-0.3, -0.25) is 0 Å². The first kappa shape index (κ1) is 24.9. The van der Waals surface area contributed by atoms with Crippen LogP contribution in [0.2, 0.25) is 13.3 Å². The summed E-state index contributed by atoms with van der Waals surface area (Å²) in [5.74, 6) is 0.120. The van der Waals surface area contributed by atoms with Crippen molar-refractivity contribution in [3.05, 3.63) is 18.3 Å². The van der Waals surface area contributed by atoms with Gasteiger partial charge < -0.3 is 0 Å². The molecule has 0 aliphatic heterocycles. The monoisotopic (exact) mass is 497 g/mol. The molecule has 0 unspecified atom stereocenters. The summed E-state index contributed by atoms with van der Waals surface area (Å²) >= 11 is -2.52. The molecule has 0 radical (unpaired) electrons. The van der Waals surface area contributed by atoms with Crippen LogP contribution in [0.4, 0.5) is 5.82 Å². The molecule has 1 rings (SSSR count). The fourth-order valence-corrected chi connectivity index (χ4v) is 19.5. The molecule has 0 aromatic carbocycles. The molecule has 0 N–H and O–H groups in total. The first-order valence-electron chi connectivity index (χ1n) is 10.8. The van der Waals surface area contributed by atoms with Crippen molar-refractivity contribution in [2.75, 3.05) is 12.1 Å². The van der Waals surface area contributed by atoms with Crippen molar-refractivity contribution in [1.82, 2.24) is 9.99 Å². The summed E-state index contributed by atoms with van der Waals surface area (Å²) in [5.41, 5.74) is 0. The second-order valence-electron chi connectivity index (χ2n) is 7.87. The molecule has 5 nitrogen and oxygen atoms in total. The molecule has 0 saturated heterocycles. The fourth-order valence-electron chi connectivity index (χ4n) is 3.85. The van der Waals surface area contributed by atoms with Gasteiger partial charge in [-0.2, -0.15) is 0 Å². The molecule has 0 bridgehead atoms. The van der Waals surface area contributed by atoms with E-state index in [4.69, 9.17) is 0 Å². The third kappa shape index (κ3) is 6.74. The summed E-state index contributed by atoms with van der Waals surface area (Å²) in [6.07, 6.45) is 9.65. The Balaban J connectivity index is 3.27. The minimum absolute atomic E-state index is 0.191. The Morgan fingerprint density at radius 1 is 0.893 bits per heavy atom. The number of hydrogen-bond donors (Lipinski definition) is 0. The van der Waals surface area contributed by atoms with Gasteiger partial charge in [-0.1, -0.05) is 0 Å². The second-order valence-corrected chi connectivity index (χ2v) is 21.1. The zero-order valence-electron chi connectivity index (χ0n) is 18.8. The molecule has 1 heterocycles. The van der Waals surface area contributed by atoms with Gasteiger partial charge in [0.05, 0.1) is 0 Å². The number of aromatic nitrogens is 1. The standard InChI is InChI=1S/C10H12N3O2.3C4H9.Sn/c1-8(14)12(3)13(9(2)15)10-6-4-5-7-11-10;3*1-3-4-2;/h4,6-7H,1-3H3;3*1,3-4H2,2H3;. The van der Waals surface area contributed by atoms with E-state index in [2.05, 4.69) is 31.8 Å². The van der Waals surface area contributed by atoms with E-state index in [1.807, 2.05) is 12.3 Å². The molecule has 0 aliphatic carbocycles. The number of unbranched alkanes of at least 4 members (excludes halogenated alkanes) is 3. The van der Waals surface area contributed by atoms with Gasteiger partial charge in [0.25, 0.3) is 0 Å². The van der Waals surface area contributed by atoms with Crippen molar-refractivity contribution in [2.24, 2.45) is 0 Å². The average molecular weight is 496 g/mol. The molecule has 1 aromatic rings. The Kier molecular flexibility index (Phi) is 11.1. The first-order chi connectivity index (χ1) is 13.3. The summed E-state index contributed by atoms with van der Waals surface area (Å²) in [4.78, 5) is 28.5. The van der Waals surface area contributed by atoms with Crippen molar-refractivity contribution in [3.63, 3.8) is 0 Å². The summed E-state index contributed by atoms with van der Waals surface area (Å²) in [6.45, 7) is 9.74. The summed E-state index contributed by atoms with van der Waals surface area (Å²) < 4.78 is 5.63. The van der Waals surface area contributed by atoms with Gasteiger partial charge in [-0.05, 0) is 0 Å². The number of anilines is 1.